The Morgan fingerprint density at radius 1 is 0.294 bits per heavy atom. The summed E-state index contributed by atoms with van der Waals surface area (Å²) in [6.07, 6.45) is 29.8. The third-order valence-electron chi connectivity index (χ3n) is 28.3. The summed E-state index contributed by atoms with van der Waals surface area (Å²) in [6, 6.07) is 68.5. The number of allylic oxidation sites excluding steroid dienone is 12. The summed E-state index contributed by atoms with van der Waals surface area (Å²) in [7, 11) is 0. The van der Waals surface area contributed by atoms with Crippen LogP contribution in [0.2, 0.25) is 20.1 Å². The highest BCUT2D eigenvalue weighted by Crippen LogP contribution is 2.48. The third kappa shape index (κ3) is 15.0. The second-order valence-electron chi connectivity index (χ2n) is 35.6. The van der Waals surface area contributed by atoms with E-state index in [1.165, 1.54) is 111 Å². The predicted molar refractivity (Wildman–Crippen MR) is 498 cm³/mol. The molecule has 0 spiro atoms. The fourth-order valence-electron chi connectivity index (χ4n) is 21.9. The Hall–Kier alpha value is -11.6. The lowest BCUT2D eigenvalue weighted by Gasteiger charge is -2.31. The summed E-state index contributed by atoms with van der Waals surface area (Å²) in [4.78, 5) is 41.7. The van der Waals surface area contributed by atoms with Crippen molar-refractivity contribution >= 4 is 119 Å². The Labute approximate surface area is 754 Å². The van der Waals surface area contributed by atoms with Gasteiger partial charge in [0.25, 0.3) is 0 Å². The van der Waals surface area contributed by atoms with Crippen LogP contribution in [0, 0.1) is 0 Å². The molecule has 0 N–H and O–H groups in total. The number of hydrogen-bond acceptors (Lipinski definition) is 6. The van der Waals surface area contributed by atoms with E-state index < -0.39 is 0 Å². The highest BCUT2D eigenvalue weighted by Gasteiger charge is 2.46. The minimum absolute atomic E-state index is 0.0794. The summed E-state index contributed by atoms with van der Waals surface area (Å²) in [6.45, 7) is 4.37. The Morgan fingerprint density at radius 3 is 1.02 bits per heavy atom. The van der Waals surface area contributed by atoms with Gasteiger partial charge >= 0.3 is 0 Å². The van der Waals surface area contributed by atoms with Gasteiger partial charge in [0, 0.05) is 147 Å². The molecule has 3 aliphatic heterocycles. The lowest BCUT2D eigenvalue weighted by Crippen LogP contribution is -2.33. The maximum absolute atomic E-state index is 14.1. The highest BCUT2D eigenvalue weighted by molar-refractivity contribution is 6.41. The van der Waals surface area contributed by atoms with E-state index >= 15 is 0 Å². The summed E-state index contributed by atoms with van der Waals surface area (Å²) < 4.78 is 13.5. The first-order valence-electron chi connectivity index (χ1n) is 45.3. The first-order chi connectivity index (χ1) is 61.6. The summed E-state index contributed by atoms with van der Waals surface area (Å²) in [5.74, 6) is -0.658. The molecule has 23 rings (SSSR count). The van der Waals surface area contributed by atoms with Crippen LogP contribution in [0.15, 0.2) is 286 Å². The molecule has 3 fully saturated rings. The smallest absolute Gasteiger partial charge is 0.216 e. The molecule has 12 nitrogen and oxygen atoms in total. The van der Waals surface area contributed by atoms with Crippen LogP contribution < -0.4 is 15.3 Å². The molecule has 630 valence electrons. The van der Waals surface area contributed by atoms with Crippen LogP contribution in [-0.2, 0) is 111 Å². The molecule has 0 unspecified atom stereocenters. The van der Waals surface area contributed by atoms with Gasteiger partial charge in [-0.15, -0.1) is 0 Å². The zero-order chi connectivity index (χ0) is 85.5. The van der Waals surface area contributed by atoms with Crippen molar-refractivity contribution in [2.45, 2.75) is 174 Å². The molecule has 12 aliphatic rings. The number of Topliss-reactive ketones (excluding diaryl/α,β-unsaturated/α-hetero) is 3. The van der Waals surface area contributed by atoms with Crippen LogP contribution in [-0.4, -0.2) is 81.5 Å². The number of nitrogens with zero attached hydrogens (tertiary/aromatic N) is 6. The molecule has 126 heavy (non-hydrogen) atoms. The number of rotatable bonds is 21. The number of aromatic nitrogens is 3. The Morgan fingerprint density at radius 2 is 0.627 bits per heavy atom. The molecule has 0 amide bonds. The zero-order valence-corrected chi connectivity index (χ0v) is 73.7. The SMILES string of the molecule is O=C1C(c2cc3c(n2CCc2ccc(Cl)cc2Cl)CCC3)=C([O-])/C1=C1\C=C2CCCC2=[N+]1CCc1ccc(Cl)cc1Cl.O=C1C(c2cc3c(n2CCc2ccc4ccccc4c2)CCC3)=C([O-])/C1=C1\C=C2CCCC2=[N+]1CCc1ccc2ccccc2c1.O=C1C(c2cc3c(n2CCc2ccccc2)CCC3)=C([O-])/C1=C1\C=C2CCCC2=[N+]1CCc1ccccc1. The molecule has 0 radical (unpaired) electrons. The molecule has 0 atom stereocenters. The number of hydrogen-bond donors (Lipinski definition) is 0. The zero-order valence-electron chi connectivity index (χ0n) is 70.6. The molecule has 6 heterocycles. The van der Waals surface area contributed by atoms with Crippen LogP contribution in [0.25, 0.3) is 38.3 Å². The summed E-state index contributed by atoms with van der Waals surface area (Å²) in [5.41, 5.74) is 29.3. The van der Waals surface area contributed by atoms with Crippen molar-refractivity contribution < 1.29 is 43.4 Å². The maximum Gasteiger partial charge on any atom is 0.216 e. The molecule has 3 aromatic heterocycles. The average Bonchev–Trinajstić information content (AvgIpc) is 1.52. The van der Waals surface area contributed by atoms with Gasteiger partial charge in [0.15, 0.2) is 36.8 Å². The van der Waals surface area contributed by atoms with Crippen molar-refractivity contribution in [3.63, 3.8) is 0 Å². The van der Waals surface area contributed by atoms with Gasteiger partial charge < -0.3 is 29.0 Å². The van der Waals surface area contributed by atoms with Crippen LogP contribution in [0.3, 0.4) is 0 Å². The second-order valence-corrected chi connectivity index (χ2v) is 37.3. The number of carbonyl (C=O) groups is 3. The fourth-order valence-corrected chi connectivity index (χ4v) is 22.9. The van der Waals surface area contributed by atoms with E-state index in [1.54, 1.807) is 12.1 Å². The molecule has 3 saturated carbocycles. The van der Waals surface area contributed by atoms with Crippen LogP contribution >= 0.6 is 46.4 Å². The Kier molecular flexibility index (Phi) is 22.1. The molecule has 9 aliphatic carbocycles. The van der Waals surface area contributed by atoms with Crippen molar-refractivity contribution in [2.75, 3.05) is 19.6 Å². The van der Waals surface area contributed by atoms with Crippen molar-refractivity contribution in [1.82, 2.24) is 13.7 Å². The van der Waals surface area contributed by atoms with Gasteiger partial charge in [0.05, 0.1) is 33.8 Å². The summed E-state index contributed by atoms with van der Waals surface area (Å²) in [5, 5.41) is 49.1. The first-order valence-corrected chi connectivity index (χ1v) is 46.8. The second kappa shape index (κ2) is 34.3. The molecule has 11 aromatic rings. The van der Waals surface area contributed by atoms with Crippen molar-refractivity contribution in [3.8, 4) is 0 Å². The molecule has 16 heteroatoms. The molecular weight excluding hydrogens is 1640 g/mol. The molecule has 0 saturated heterocycles. The van der Waals surface area contributed by atoms with E-state index in [1.807, 2.05) is 36.4 Å². The van der Waals surface area contributed by atoms with E-state index in [-0.39, 0.29) is 34.6 Å². The van der Waals surface area contributed by atoms with E-state index in [9.17, 15) is 29.7 Å². The van der Waals surface area contributed by atoms with Gasteiger partial charge in [0.2, 0.25) is 34.4 Å². The number of aryl methyl sites for hydroxylation is 6. The molecular formula is C110H96Cl4N6O6. The highest BCUT2D eigenvalue weighted by atomic mass is 35.5. The standard InChI is InChI=1S/C42H36N2O2.C34H28Cl4N2O2.C34H32N2O2/c45-41-39(37-25-33-11-5-13-35(33)43(37)21-19-27-15-17-29-7-1-3-9-31(29)23-27)42(46)40(41)38-26-34-12-6-14-36(34)44(38)22-20-28-16-18-30-8-2-4-10-32(30)24-28;35-23-9-7-19(25(37)17-23)11-13-39-27-5-1-3-21(27)15-29(39)31-33(41)32(34(31)42)30-16-22-4-2-6-28(22)40(30)14-12-20-8-10-24(36)18-26(20)38;37-33-31(29-21-25-13-7-15-27(25)35(29)19-17-23-9-3-1-4-10-23)34(38)32(33)30-22-26-14-8-16-28(26)36(30)20-18-24-11-5-2-6-12-24/h1-4,7-10,15-18,23-26H,5-6,11-14,19-22H2;7-10,15-18H,1-6,11-14H2;1-6,9-12,21-22H,7-8,13-20H2. The van der Waals surface area contributed by atoms with E-state index in [0.717, 1.165) is 213 Å². The number of benzene rings is 8. The van der Waals surface area contributed by atoms with E-state index in [2.05, 4.69) is 197 Å². The minimum atomic E-state index is -0.163. The van der Waals surface area contributed by atoms with Gasteiger partial charge in [-0.05, 0) is 230 Å². The quantitative estimate of drug-likeness (QED) is 0.0517. The van der Waals surface area contributed by atoms with Crippen molar-refractivity contribution in [1.29, 1.82) is 0 Å². The Balaban J connectivity index is 0.000000116. The number of halogens is 4. The van der Waals surface area contributed by atoms with Gasteiger partial charge in [-0.3, -0.25) is 14.4 Å². The van der Waals surface area contributed by atoms with E-state index in [4.69, 9.17) is 46.4 Å². The van der Waals surface area contributed by atoms with Crippen molar-refractivity contribution in [3.05, 3.63) is 391 Å². The monoisotopic (exact) mass is 1740 g/mol. The fraction of sp³-hybridized carbons (Fsp3) is 0.273. The van der Waals surface area contributed by atoms with Gasteiger partial charge in [-0.25, -0.2) is 0 Å². The molecule has 8 aromatic carbocycles. The number of ketones is 3. The maximum atomic E-state index is 14.1. The normalized spacial score (nSPS) is 19.5. The van der Waals surface area contributed by atoms with Crippen molar-refractivity contribution in [2.24, 2.45) is 0 Å². The van der Waals surface area contributed by atoms with E-state index in [0.29, 0.717) is 79.5 Å². The average molecular weight is 1740 g/mol. The number of carbonyl (C=O) groups excluding carboxylic acids is 3. The van der Waals surface area contributed by atoms with Gasteiger partial charge in [-0.2, -0.15) is 13.7 Å². The minimum Gasteiger partial charge on any atom is -0.871 e. The topological polar surface area (TPSA) is 144 Å². The summed E-state index contributed by atoms with van der Waals surface area (Å²) >= 11 is 25.1. The Bertz CT molecular complexity index is 6910. The van der Waals surface area contributed by atoms with Gasteiger partial charge in [0.1, 0.15) is 0 Å². The molecule has 0 bridgehead atoms. The van der Waals surface area contributed by atoms with Crippen LogP contribution in [0.4, 0.5) is 0 Å². The van der Waals surface area contributed by atoms with Gasteiger partial charge in [-0.1, -0.05) is 221 Å². The first kappa shape index (κ1) is 81.4. The lowest BCUT2D eigenvalue weighted by molar-refractivity contribution is -0.470. The largest absolute Gasteiger partial charge is 0.871 e. The lowest BCUT2D eigenvalue weighted by atomic mass is 9.84. The number of fused-ring (bicyclic) bond motifs is 8. The van der Waals surface area contributed by atoms with Crippen LogP contribution in [0.5, 0.6) is 0 Å². The predicted octanol–water partition coefficient (Wildman–Crippen LogP) is 19.8. The van der Waals surface area contributed by atoms with Crippen LogP contribution in [0.1, 0.15) is 161 Å². The third-order valence-corrected chi connectivity index (χ3v) is 29.4.